The number of hydrogen-bond donors (Lipinski definition) is 1. The Morgan fingerprint density at radius 2 is 2.06 bits per heavy atom. The zero-order valence-corrected chi connectivity index (χ0v) is 10.1. The maximum atomic E-state index is 11.9. The lowest BCUT2D eigenvalue weighted by atomic mass is 10.1. The van der Waals surface area contributed by atoms with Crippen molar-refractivity contribution >= 4 is 28.5 Å². The molecule has 1 heterocycles. The largest absolute Gasteiger partial charge is 0.477 e. The van der Waals surface area contributed by atoms with Crippen LogP contribution in [0.2, 0.25) is 5.02 Å². The molecule has 0 radical (unpaired) electrons. The fourth-order valence-corrected chi connectivity index (χ4v) is 2.38. The summed E-state index contributed by atoms with van der Waals surface area (Å²) < 4.78 is 1.73. The summed E-state index contributed by atoms with van der Waals surface area (Å²) in [6.45, 7) is 0. The van der Waals surface area contributed by atoms with E-state index in [9.17, 15) is 14.7 Å². The van der Waals surface area contributed by atoms with Crippen LogP contribution in [0.1, 0.15) is 29.4 Å². The first-order valence-electron chi connectivity index (χ1n) is 5.66. The van der Waals surface area contributed by atoms with Crippen molar-refractivity contribution in [2.75, 3.05) is 0 Å². The average molecular weight is 264 g/mol. The van der Waals surface area contributed by atoms with Gasteiger partial charge in [-0.05, 0) is 31.0 Å². The van der Waals surface area contributed by atoms with Crippen molar-refractivity contribution in [3.05, 3.63) is 45.2 Å². The van der Waals surface area contributed by atoms with Crippen LogP contribution in [0.4, 0.5) is 0 Å². The summed E-state index contributed by atoms with van der Waals surface area (Å²) in [6.07, 6.45) is 1.89. The molecule has 18 heavy (non-hydrogen) atoms. The van der Waals surface area contributed by atoms with Gasteiger partial charge < -0.3 is 9.67 Å². The Bertz CT molecular complexity index is 716. The molecule has 0 spiro atoms. The molecule has 0 saturated heterocycles. The van der Waals surface area contributed by atoms with Gasteiger partial charge in [0.1, 0.15) is 5.69 Å². The summed E-state index contributed by atoms with van der Waals surface area (Å²) in [5, 5.41) is 10.1. The van der Waals surface area contributed by atoms with E-state index in [1.165, 1.54) is 6.07 Å². The average Bonchev–Trinajstić information content (AvgIpc) is 3.13. The summed E-state index contributed by atoms with van der Waals surface area (Å²) in [5.74, 6) is -1.07. The third kappa shape index (κ3) is 1.69. The van der Waals surface area contributed by atoms with Gasteiger partial charge in [-0.15, -0.1) is 0 Å². The molecule has 0 unspecified atom stereocenters. The van der Waals surface area contributed by atoms with Crippen LogP contribution in [0.15, 0.2) is 29.1 Å². The van der Waals surface area contributed by atoms with E-state index in [1.54, 1.807) is 22.8 Å². The molecule has 92 valence electrons. The number of carboxylic acid groups (broad SMARTS) is 1. The standard InChI is InChI=1S/C13H10ClNO3/c14-7-1-4-10-9(5-7)12(16)6-11(13(17)18)15(10)8-2-3-8/h1,4-6,8H,2-3H2,(H,17,18). The van der Waals surface area contributed by atoms with E-state index in [2.05, 4.69) is 0 Å². The second kappa shape index (κ2) is 3.85. The highest BCUT2D eigenvalue weighted by Crippen LogP contribution is 2.38. The molecule has 1 aromatic carbocycles. The fourth-order valence-electron chi connectivity index (χ4n) is 2.21. The molecule has 0 atom stereocenters. The normalized spacial score (nSPS) is 14.9. The topological polar surface area (TPSA) is 59.3 Å². The SMILES string of the molecule is O=C(O)c1cc(=O)c2cc(Cl)ccc2n1C1CC1. The van der Waals surface area contributed by atoms with Crippen LogP contribution in [0.25, 0.3) is 10.9 Å². The van der Waals surface area contributed by atoms with Crippen LogP contribution in [0.5, 0.6) is 0 Å². The number of aromatic nitrogens is 1. The molecule has 3 rings (SSSR count). The fraction of sp³-hybridized carbons (Fsp3) is 0.231. The van der Waals surface area contributed by atoms with Crippen molar-refractivity contribution in [3.63, 3.8) is 0 Å². The zero-order chi connectivity index (χ0) is 12.9. The smallest absolute Gasteiger partial charge is 0.352 e. The van der Waals surface area contributed by atoms with Gasteiger partial charge in [0.15, 0.2) is 5.43 Å². The Balaban J connectivity index is 2.44. The Kier molecular flexibility index (Phi) is 2.41. The molecule has 1 saturated carbocycles. The lowest BCUT2D eigenvalue weighted by molar-refractivity contribution is 0.0684. The van der Waals surface area contributed by atoms with Crippen LogP contribution < -0.4 is 5.43 Å². The number of nitrogens with zero attached hydrogens (tertiary/aromatic N) is 1. The molecular weight excluding hydrogens is 254 g/mol. The van der Waals surface area contributed by atoms with Gasteiger partial charge in [0, 0.05) is 22.5 Å². The Morgan fingerprint density at radius 1 is 1.33 bits per heavy atom. The number of fused-ring (bicyclic) bond motifs is 1. The van der Waals surface area contributed by atoms with Crippen molar-refractivity contribution in [2.45, 2.75) is 18.9 Å². The number of carbonyl (C=O) groups is 1. The Labute approximate surface area is 107 Å². The predicted molar refractivity (Wildman–Crippen MR) is 68.4 cm³/mol. The van der Waals surface area contributed by atoms with Gasteiger partial charge in [-0.1, -0.05) is 11.6 Å². The Hall–Kier alpha value is -1.81. The number of rotatable bonds is 2. The van der Waals surface area contributed by atoms with Crippen molar-refractivity contribution in [3.8, 4) is 0 Å². The number of halogens is 1. The van der Waals surface area contributed by atoms with Crippen molar-refractivity contribution in [2.24, 2.45) is 0 Å². The molecule has 1 aromatic heterocycles. The predicted octanol–water partition coefficient (Wildman–Crippen LogP) is 2.69. The molecule has 4 nitrogen and oxygen atoms in total. The molecule has 2 aromatic rings. The highest BCUT2D eigenvalue weighted by molar-refractivity contribution is 6.31. The van der Waals surface area contributed by atoms with Crippen LogP contribution in [0.3, 0.4) is 0 Å². The van der Waals surface area contributed by atoms with E-state index in [1.807, 2.05) is 0 Å². The zero-order valence-electron chi connectivity index (χ0n) is 9.39. The molecule has 0 aliphatic heterocycles. The second-order valence-corrected chi connectivity index (χ2v) is 4.90. The van der Waals surface area contributed by atoms with E-state index in [4.69, 9.17) is 11.6 Å². The highest BCUT2D eigenvalue weighted by Gasteiger charge is 2.28. The second-order valence-electron chi connectivity index (χ2n) is 4.46. The van der Waals surface area contributed by atoms with E-state index in [-0.39, 0.29) is 17.2 Å². The lowest BCUT2D eigenvalue weighted by Gasteiger charge is -2.13. The van der Waals surface area contributed by atoms with Gasteiger partial charge in [0.2, 0.25) is 0 Å². The van der Waals surface area contributed by atoms with Crippen LogP contribution in [-0.4, -0.2) is 15.6 Å². The minimum absolute atomic E-state index is 0.0531. The summed E-state index contributed by atoms with van der Waals surface area (Å²) in [6, 6.07) is 6.33. The van der Waals surface area contributed by atoms with E-state index in [0.717, 1.165) is 12.8 Å². The first-order chi connectivity index (χ1) is 8.58. The summed E-state index contributed by atoms with van der Waals surface area (Å²) in [4.78, 5) is 23.1. The monoisotopic (exact) mass is 263 g/mol. The van der Waals surface area contributed by atoms with Crippen LogP contribution >= 0.6 is 11.6 Å². The van der Waals surface area contributed by atoms with Gasteiger partial charge in [-0.25, -0.2) is 4.79 Å². The van der Waals surface area contributed by atoms with Crippen LogP contribution in [0, 0.1) is 0 Å². The van der Waals surface area contributed by atoms with Gasteiger partial charge >= 0.3 is 5.97 Å². The maximum absolute atomic E-state index is 11.9. The van der Waals surface area contributed by atoms with Gasteiger partial charge in [0.05, 0.1) is 5.52 Å². The molecule has 1 N–H and O–H groups in total. The molecule has 1 aliphatic carbocycles. The minimum Gasteiger partial charge on any atom is -0.477 e. The molecular formula is C13H10ClNO3. The third-order valence-corrected chi connectivity index (χ3v) is 3.38. The van der Waals surface area contributed by atoms with Crippen molar-refractivity contribution in [1.29, 1.82) is 0 Å². The highest BCUT2D eigenvalue weighted by atomic mass is 35.5. The number of carboxylic acids is 1. The number of benzene rings is 1. The number of hydrogen-bond acceptors (Lipinski definition) is 2. The number of pyridine rings is 1. The number of aromatic carboxylic acids is 1. The molecule has 1 aliphatic rings. The summed E-state index contributed by atoms with van der Waals surface area (Å²) in [7, 11) is 0. The van der Waals surface area contributed by atoms with E-state index in [0.29, 0.717) is 15.9 Å². The maximum Gasteiger partial charge on any atom is 0.352 e. The lowest BCUT2D eigenvalue weighted by Crippen LogP contribution is -2.17. The van der Waals surface area contributed by atoms with E-state index >= 15 is 0 Å². The molecule has 0 bridgehead atoms. The van der Waals surface area contributed by atoms with Crippen molar-refractivity contribution < 1.29 is 9.90 Å². The molecule has 1 fully saturated rings. The first-order valence-corrected chi connectivity index (χ1v) is 6.04. The van der Waals surface area contributed by atoms with Gasteiger partial charge in [-0.3, -0.25) is 4.79 Å². The quantitative estimate of drug-likeness (QED) is 0.906. The molecule has 0 amide bonds. The Morgan fingerprint density at radius 3 is 2.67 bits per heavy atom. The van der Waals surface area contributed by atoms with Crippen LogP contribution in [-0.2, 0) is 0 Å². The van der Waals surface area contributed by atoms with Crippen molar-refractivity contribution in [1.82, 2.24) is 4.57 Å². The van der Waals surface area contributed by atoms with Gasteiger partial charge in [-0.2, -0.15) is 0 Å². The third-order valence-electron chi connectivity index (χ3n) is 3.14. The minimum atomic E-state index is -1.07. The van der Waals surface area contributed by atoms with E-state index < -0.39 is 5.97 Å². The summed E-state index contributed by atoms with van der Waals surface area (Å²) in [5.41, 5.74) is 0.394. The summed E-state index contributed by atoms with van der Waals surface area (Å²) >= 11 is 5.88. The molecule has 5 heteroatoms. The first kappa shape index (κ1) is 11.3. The van der Waals surface area contributed by atoms with Gasteiger partial charge in [0.25, 0.3) is 0 Å².